The summed E-state index contributed by atoms with van der Waals surface area (Å²) in [5.41, 5.74) is -1.80. The fourth-order valence-electron chi connectivity index (χ4n) is 7.47. The van der Waals surface area contributed by atoms with Gasteiger partial charge in [0.15, 0.2) is 6.61 Å². The molecule has 0 aliphatic heterocycles. The summed E-state index contributed by atoms with van der Waals surface area (Å²) in [7, 11) is -4.13. The van der Waals surface area contributed by atoms with Gasteiger partial charge in [0, 0.05) is 23.2 Å². The number of ether oxygens (including phenoxy) is 1. The lowest BCUT2D eigenvalue weighted by atomic mass is 9.44. The van der Waals surface area contributed by atoms with Crippen molar-refractivity contribution in [1.29, 1.82) is 0 Å². The highest BCUT2D eigenvalue weighted by atomic mass is 32.2. The first-order valence-corrected chi connectivity index (χ1v) is 14.2. The third-order valence-corrected chi connectivity index (χ3v) is 11.2. The van der Waals surface area contributed by atoms with Gasteiger partial charge in [-0.15, -0.1) is 6.58 Å². The molecule has 3 aliphatic rings. The summed E-state index contributed by atoms with van der Waals surface area (Å²) in [5, 5.41) is 11.6. The summed E-state index contributed by atoms with van der Waals surface area (Å²) >= 11 is 0. The minimum atomic E-state index is -4.13. The number of hydrogen-bond acceptors (Lipinski definition) is 7. The van der Waals surface area contributed by atoms with E-state index in [1.165, 1.54) is 12.1 Å². The number of ketones is 1. The Hall–Kier alpha value is -2.03. The molecule has 198 valence electrons. The summed E-state index contributed by atoms with van der Waals surface area (Å²) in [6.45, 7) is 11.3. The first-order valence-electron chi connectivity index (χ1n) is 12.8. The van der Waals surface area contributed by atoms with Gasteiger partial charge in [0.25, 0.3) is 10.1 Å². The van der Waals surface area contributed by atoms with E-state index in [0.29, 0.717) is 12.8 Å². The van der Waals surface area contributed by atoms with Crippen LogP contribution in [0.25, 0.3) is 0 Å². The number of Topliss-reactive ketones (excluding diaryl/α,β-unsaturated/α-hetero) is 1. The van der Waals surface area contributed by atoms with E-state index in [2.05, 4.69) is 13.5 Å². The van der Waals surface area contributed by atoms with Crippen molar-refractivity contribution in [2.75, 3.05) is 6.61 Å². The molecule has 0 radical (unpaired) electrons. The maximum atomic E-state index is 13.4. The van der Waals surface area contributed by atoms with E-state index in [1.54, 1.807) is 24.3 Å². The second-order valence-corrected chi connectivity index (χ2v) is 13.2. The van der Waals surface area contributed by atoms with Crippen LogP contribution in [0.15, 0.2) is 47.9 Å². The van der Waals surface area contributed by atoms with Crippen LogP contribution in [0.3, 0.4) is 0 Å². The third kappa shape index (κ3) is 4.15. The number of aliphatic hydroxyl groups is 1. The zero-order valence-electron chi connectivity index (χ0n) is 21.6. The molecule has 7 nitrogen and oxygen atoms in total. The van der Waals surface area contributed by atoms with Gasteiger partial charge in [-0.05, 0) is 55.1 Å². The molecule has 0 amide bonds. The van der Waals surface area contributed by atoms with E-state index in [9.17, 15) is 23.1 Å². The van der Waals surface area contributed by atoms with E-state index in [0.717, 1.165) is 12.8 Å². The number of rotatable bonds is 6. The van der Waals surface area contributed by atoms with Crippen LogP contribution in [-0.4, -0.2) is 44.1 Å². The van der Waals surface area contributed by atoms with Gasteiger partial charge in [0.1, 0.15) is 11.9 Å². The van der Waals surface area contributed by atoms with Crippen molar-refractivity contribution in [3.05, 3.63) is 43.0 Å². The molecule has 3 fully saturated rings. The quantitative estimate of drug-likeness (QED) is 0.340. The van der Waals surface area contributed by atoms with Gasteiger partial charge in [-0.3, -0.25) is 8.98 Å². The standard InChI is InChI=1S/C28H38O7S/c1-6-26(4)16-22(35-23(30)17-34-36(32,33)20-10-8-7-9-11-20)27(5)18(2)12-14-28(19(3)25(26)31)15-13-21(29)24(27)28/h6-11,18-19,22,24-25,31H,1,12-17H2,2-5H3/t18-,19+,22-,24+,25+,26-,27+,28+/m1/s1. The van der Waals surface area contributed by atoms with Crippen molar-refractivity contribution in [3.63, 3.8) is 0 Å². The fraction of sp³-hybridized carbons (Fsp3) is 0.643. The average Bonchev–Trinajstić information content (AvgIpc) is 3.22. The Morgan fingerprint density at radius 1 is 1.19 bits per heavy atom. The molecule has 1 aromatic rings. The van der Waals surface area contributed by atoms with E-state index < -0.39 is 45.7 Å². The SMILES string of the molecule is C=C[C@]1(C)C[C@@H](OC(=O)COS(=O)(=O)c2ccccc2)[C@]2(C)[C@H](C)CC[C@]3(CCC(=O)[C@H]32)[C@@H](C)[C@@H]1O. The zero-order chi connectivity index (χ0) is 26.5. The van der Waals surface area contributed by atoms with Gasteiger partial charge >= 0.3 is 5.97 Å². The Morgan fingerprint density at radius 2 is 1.86 bits per heavy atom. The van der Waals surface area contributed by atoms with E-state index >= 15 is 0 Å². The molecule has 1 aromatic carbocycles. The number of benzene rings is 1. The molecule has 8 atom stereocenters. The van der Waals surface area contributed by atoms with Gasteiger partial charge in [-0.25, -0.2) is 4.79 Å². The average molecular weight is 519 g/mol. The normalized spacial score (nSPS) is 40.6. The van der Waals surface area contributed by atoms with Crippen LogP contribution in [0.1, 0.15) is 59.8 Å². The Kier molecular flexibility index (Phi) is 7.03. The summed E-state index contributed by atoms with van der Waals surface area (Å²) < 4.78 is 36.1. The Morgan fingerprint density at radius 3 is 2.50 bits per heavy atom. The van der Waals surface area contributed by atoms with Gasteiger partial charge < -0.3 is 9.84 Å². The first kappa shape index (κ1) is 27.0. The molecule has 3 aliphatic carbocycles. The minimum Gasteiger partial charge on any atom is -0.460 e. The van der Waals surface area contributed by atoms with Crippen molar-refractivity contribution in [2.45, 2.75) is 76.9 Å². The lowest BCUT2D eigenvalue weighted by molar-refractivity contribution is -0.207. The van der Waals surface area contributed by atoms with E-state index in [1.807, 2.05) is 20.8 Å². The Balaban J connectivity index is 1.67. The van der Waals surface area contributed by atoms with Crippen LogP contribution in [0.4, 0.5) is 0 Å². The molecular weight excluding hydrogens is 480 g/mol. The second kappa shape index (κ2) is 9.37. The highest BCUT2D eigenvalue weighted by Crippen LogP contribution is 2.67. The van der Waals surface area contributed by atoms with Crippen molar-refractivity contribution < 1.29 is 32.0 Å². The number of carbonyl (C=O) groups is 2. The summed E-state index contributed by atoms with van der Waals surface area (Å²) in [6, 6.07) is 7.61. The predicted molar refractivity (Wildman–Crippen MR) is 134 cm³/mol. The number of carbonyl (C=O) groups excluding carboxylic acids is 2. The largest absolute Gasteiger partial charge is 0.460 e. The number of hydrogen-bond donors (Lipinski definition) is 1. The molecular formula is C28H38O7S. The summed E-state index contributed by atoms with van der Waals surface area (Å²) in [4.78, 5) is 26.4. The number of esters is 1. The smallest absolute Gasteiger partial charge is 0.333 e. The zero-order valence-corrected chi connectivity index (χ0v) is 22.4. The van der Waals surface area contributed by atoms with Crippen LogP contribution >= 0.6 is 0 Å². The molecule has 8 heteroatoms. The lowest BCUT2D eigenvalue weighted by Crippen LogP contribution is -2.63. The van der Waals surface area contributed by atoms with Crippen molar-refractivity contribution in [3.8, 4) is 0 Å². The first-order chi connectivity index (χ1) is 16.8. The molecule has 3 saturated carbocycles. The van der Waals surface area contributed by atoms with Gasteiger partial charge in [0.2, 0.25) is 0 Å². The second-order valence-electron chi connectivity index (χ2n) is 11.6. The minimum absolute atomic E-state index is 0.0469. The third-order valence-electron chi connectivity index (χ3n) is 9.94. The maximum Gasteiger partial charge on any atom is 0.333 e. The summed E-state index contributed by atoms with van der Waals surface area (Å²) in [6.07, 6.45) is 3.37. The van der Waals surface area contributed by atoms with Crippen molar-refractivity contribution >= 4 is 21.9 Å². The lowest BCUT2D eigenvalue weighted by Gasteiger charge is -2.61. The molecule has 0 heterocycles. The number of aliphatic hydroxyl groups excluding tert-OH is 1. The van der Waals surface area contributed by atoms with Gasteiger partial charge in [0.05, 0.1) is 11.0 Å². The van der Waals surface area contributed by atoms with Crippen LogP contribution in [0.2, 0.25) is 0 Å². The molecule has 4 rings (SSSR count). The van der Waals surface area contributed by atoms with Crippen molar-refractivity contribution in [2.24, 2.45) is 34.0 Å². The Labute approximate surface area is 214 Å². The maximum absolute atomic E-state index is 13.4. The van der Waals surface area contributed by atoms with E-state index in [-0.39, 0.29) is 40.3 Å². The van der Waals surface area contributed by atoms with Gasteiger partial charge in [-0.1, -0.05) is 52.0 Å². The highest BCUT2D eigenvalue weighted by Gasteiger charge is 2.68. The van der Waals surface area contributed by atoms with Crippen molar-refractivity contribution in [1.82, 2.24) is 0 Å². The monoisotopic (exact) mass is 518 g/mol. The fourth-order valence-corrected chi connectivity index (χ4v) is 8.35. The Bertz CT molecular complexity index is 1130. The molecule has 36 heavy (non-hydrogen) atoms. The summed E-state index contributed by atoms with van der Waals surface area (Å²) in [5.74, 6) is -1.04. The molecule has 1 N–H and O–H groups in total. The molecule has 0 spiro atoms. The molecule has 0 aromatic heterocycles. The topological polar surface area (TPSA) is 107 Å². The van der Waals surface area contributed by atoms with Crippen LogP contribution in [0.5, 0.6) is 0 Å². The molecule has 0 saturated heterocycles. The van der Waals surface area contributed by atoms with Crippen LogP contribution in [-0.2, 0) is 28.6 Å². The predicted octanol–water partition coefficient (Wildman–Crippen LogP) is 4.30. The molecule has 2 bridgehead atoms. The van der Waals surface area contributed by atoms with Gasteiger partial charge in [-0.2, -0.15) is 8.42 Å². The molecule has 0 unspecified atom stereocenters. The highest BCUT2D eigenvalue weighted by molar-refractivity contribution is 7.86. The van der Waals surface area contributed by atoms with Crippen LogP contribution < -0.4 is 0 Å². The van der Waals surface area contributed by atoms with E-state index in [4.69, 9.17) is 8.92 Å². The van der Waals surface area contributed by atoms with Crippen LogP contribution in [0, 0.1) is 34.0 Å².